The lowest BCUT2D eigenvalue weighted by Gasteiger charge is -2.27. The highest BCUT2D eigenvalue weighted by molar-refractivity contribution is 6.18. The molecule has 13 rings (SSSR count). The largest absolute Gasteiger partial charge is 0.455 e. The van der Waals surface area contributed by atoms with E-state index in [-0.39, 0.29) is 0 Å². The lowest BCUT2D eigenvalue weighted by molar-refractivity contribution is 0.670. The molecule has 65 heavy (non-hydrogen) atoms. The predicted molar refractivity (Wildman–Crippen MR) is 274 cm³/mol. The molecule has 3 heteroatoms. The lowest BCUT2D eigenvalue weighted by atomic mass is 9.97. The van der Waals surface area contributed by atoms with Crippen LogP contribution in [0.2, 0.25) is 0 Å². The van der Waals surface area contributed by atoms with Gasteiger partial charge in [-0.3, -0.25) is 0 Å². The molecule has 0 aliphatic carbocycles. The van der Waals surface area contributed by atoms with Crippen molar-refractivity contribution in [3.63, 3.8) is 0 Å². The van der Waals surface area contributed by atoms with Crippen LogP contribution in [-0.4, -0.2) is 4.57 Å². The molecule has 2 aromatic heterocycles. The second-order valence-corrected chi connectivity index (χ2v) is 16.8. The molecule has 13 aromatic rings. The molecule has 0 unspecified atom stereocenters. The van der Waals surface area contributed by atoms with Gasteiger partial charge in [-0.25, -0.2) is 0 Å². The number of anilines is 3. The van der Waals surface area contributed by atoms with Crippen molar-refractivity contribution < 1.29 is 4.42 Å². The minimum absolute atomic E-state index is 0.849. The summed E-state index contributed by atoms with van der Waals surface area (Å²) in [6.45, 7) is 0. The van der Waals surface area contributed by atoms with E-state index in [1.54, 1.807) is 0 Å². The van der Waals surface area contributed by atoms with Crippen molar-refractivity contribution in [2.45, 2.75) is 0 Å². The number of para-hydroxylation sites is 4. The summed E-state index contributed by atoms with van der Waals surface area (Å²) in [5, 5.41) is 9.54. The minimum Gasteiger partial charge on any atom is -0.455 e. The van der Waals surface area contributed by atoms with Crippen molar-refractivity contribution in [3.05, 3.63) is 243 Å². The van der Waals surface area contributed by atoms with Crippen LogP contribution in [0.15, 0.2) is 247 Å². The fourth-order valence-corrected chi connectivity index (χ4v) is 10.2. The standard InChI is InChI=1S/C62H40N2O/c1-2-16-45-40-46(29-28-41(45)14-1)42-30-34-47(35-31-42)63(48-36-32-44(33-37-48)50-23-13-17-43-15-3-4-18-49(43)50)59-39-38-54(62-61(59)55-22-8-12-27-60(55)65-62)53-21-7-11-26-58(53)64-56-24-9-5-19-51(56)52-20-6-10-25-57(52)64/h1-40H. The molecule has 0 fully saturated rings. The van der Waals surface area contributed by atoms with Crippen LogP contribution in [0, 0.1) is 0 Å². The first-order chi connectivity index (χ1) is 32.2. The zero-order valence-corrected chi connectivity index (χ0v) is 35.4. The Morgan fingerprint density at radius 2 is 0.892 bits per heavy atom. The van der Waals surface area contributed by atoms with Crippen LogP contribution < -0.4 is 4.90 Å². The van der Waals surface area contributed by atoms with E-state index in [9.17, 15) is 0 Å². The van der Waals surface area contributed by atoms with Gasteiger partial charge in [0.05, 0.1) is 27.8 Å². The molecule has 2 heterocycles. The first-order valence-corrected chi connectivity index (χ1v) is 22.2. The van der Waals surface area contributed by atoms with Crippen LogP contribution in [0.1, 0.15) is 0 Å². The quantitative estimate of drug-likeness (QED) is 0.160. The van der Waals surface area contributed by atoms with Gasteiger partial charge in [0.2, 0.25) is 0 Å². The topological polar surface area (TPSA) is 21.3 Å². The predicted octanol–water partition coefficient (Wildman–Crippen LogP) is 17.5. The number of hydrogen-bond acceptors (Lipinski definition) is 2. The summed E-state index contributed by atoms with van der Waals surface area (Å²) < 4.78 is 9.45. The second-order valence-electron chi connectivity index (χ2n) is 16.8. The van der Waals surface area contributed by atoms with E-state index in [1.165, 1.54) is 65.6 Å². The molecule has 0 aliphatic heterocycles. The molecule has 0 amide bonds. The van der Waals surface area contributed by atoms with Crippen LogP contribution >= 0.6 is 0 Å². The molecule has 0 atom stereocenters. The Labute approximate surface area is 376 Å². The van der Waals surface area contributed by atoms with Gasteiger partial charge < -0.3 is 13.9 Å². The van der Waals surface area contributed by atoms with Crippen LogP contribution in [0.5, 0.6) is 0 Å². The van der Waals surface area contributed by atoms with Gasteiger partial charge >= 0.3 is 0 Å². The average Bonchev–Trinajstić information content (AvgIpc) is 3.93. The fraction of sp³-hybridized carbons (Fsp3) is 0. The van der Waals surface area contributed by atoms with E-state index >= 15 is 0 Å². The third-order valence-electron chi connectivity index (χ3n) is 13.2. The summed E-state index contributed by atoms with van der Waals surface area (Å²) in [5.41, 5.74) is 15.2. The van der Waals surface area contributed by atoms with Gasteiger partial charge in [-0.2, -0.15) is 0 Å². The number of fused-ring (bicyclic) bond motifs is 8. The molecular weight excluding hydrogens is 789 g/mol. The maximum atomic E-state index is 7.04. The smallest absolute Gasteiger partial charge is 0.145 e. The van der Waals surface area contributed by atoms with Gasteiger partial charge in [0.25, 0.3) is 0 Å². The highest BCUT2D eigenvalue weighted by atomic mass is 16.3. The first kappa shape index (κ1) is 36.9. The van der Waals surface area contributed by atoms with Crippen molar-refractivity contribution in [1.29, 1.82) is 0 Å². The van der Waals surface area contributed by atoms with E-state index < -0.39 is 0 Å². The Balaban J connectivity index is 1.02. The summed E-state index contributed by atoms with van der Waals surface area (Å²) in [7, 11) is 0. The number of aromatic nitrogens is 1. The SMILES string of the molecule is c1ccc(-n2c3ccccc3c3ccccc32)c(-c2ccc(N(c3ccc(-c4ccc5ccccc5c4)cc3)c3ccc(-c4cccc5ccccc45)cc3)c3c2oc2ccccc23)c1. The van der Waals surface area contributed by atoms with E-state index in [2.05, 4.69) is 252 Å². The molecule has 0 saturated heterocycles. The molecule has 0 saturated carbocycles. The molecular formula is C62H40N2O. The number of hydrogen-bond donors (Lipinski definition) is 0. The summed E-state index contributed by atoms with van der Waals surface area (Å²) in [6.07, 6.45) is 0. The van der Waals surface area contributed by atoms with Crippen molar-refractivity contribution in [2.24, 2.45) is 0 Å². The number of benzene rings is 11. The van der Waals surface area contributed by atoms with Crippen LogP contribution in [0.4, 0.5) is 17.1 Å². The van der Waals surface area contributed by atoms with Gasteiger partial charge in [-0.15, -0.1) is 0 Å². The monoisotopic (exact) mass is 828 g/mol. The molecule has 304 valence electrons. The highest BCUT2D eigenvalue weighted by Crippen LogP contribution is 2.48. The molecule has 0 aliphatic rings. The van der Waals surface area contributed by atoms with Crippen LogP contribution in [0.3, 0.4) is 0 Å². The maximum Gasteiger partial charge on any atom is 0.145 e. The third-order valence-corrected chi connectivity index (χ3v) is 13.2. The average molecular weight is 829 g/mol. The van der Waals surface area contributed by atoms with E-state index in [0.717, 1.165) is 55.8 Å². The van der Waals surface area contributed by atoms with Gasteiger partial charge in [-0.05, 0) is 111 Å². The summed E-state index contributed by atoms with van der Waals surface area (Å²) in [4.78, 5) is 2.39. The van der Waals surface area contributed by atoms with E-state index in [0.29, 0.717) is 0 Å². The summed E-state index contributed by atoms with van der Waals surface area (Å²) in [6, 6.07) is 87.6. The molecule has 0 spiro atoms. The Morgan fingerprint density at radius 1 is 0.338 bits per heavy atom. The van der Waals surface area contributed by atoms with Crippen molar-refractivity contribution in [1.82, 2.24) is 4.57 Å². The van der Waals surface area contributed by atoms with Crippen molar-refractivity contribution in [3.8, 4) is 39.1 Å². The van der Waals surface area contributed by atoms with Gasteiger partial charge in [-0.1, -0.05) is 176 Å². The molecule has 0 radical (unpaired) electrons. The number of rotatable bonds is 7. The van der Waals surface area contributed by atoms with Crippen LogP contribution in [0.25, 0.3) is 104 Å². The minimum atomic E-state index is 0.849. The highest BCUT2D eigenvalue weighted by Gasteiger charge is 2.24. The van der Waals surface area contributed by atoms with Gasteiger partial charge in [0.15, 0.2) is 0 Å². The second kappa shape index (κ2) is 15.0. The first-order valence-electron chi connectivity index (χ1n) is 22.2. The molecule has 0 N–H and O–H groups in total. The van der Waals surface area contributed by atoms with Gasteiger partial charge in [0, 0.05) is 38.7 Å². The van der Waals surface area contributed by atoms with E-state index in [4.69, 9.17) is 4.42 Å². The summed E-state index contributed by atoms with van der Waals surface area (Å²) in [5.74, 6) is 0. The van der Waals surface area contributed by atoms with Crippen molar-refractivity contribution in [2.75, 3.05) is 4.90 Å². The normalized spacial score (nSPS) is 11.7. The van der Waals surface area contributed by atoms with Crippen molar-refractivity contribution >= 4 is 82.4 Å². The van der Waals surface area contributed by atoms with E-state index in [1.807, 2.05) is 0 Å². The Bertz CT molecular complexity index is 3890. The zero-order chi connectivity index (χ0) is 42.8. The van der Waals surface area contributed by atoms with Gasteiger partial charge in [0.1, 0.15) is 11.2 Å². The molecule has 0 bridgehead atoms. The number of furan rings is 1. The third kappa shape index (κ3) is 6.05. The Morgan fingerprint density at radius 3 is 1.65 bits per heavy atom. The lowest BCUT2D eigenvalue weighted by Crippen LogP contribution is -2.10. The fourth-order valence-electron chi connectivity index (χ4n) is 10.2. The Kier molecular flexibility index (Phi) is 8.53. The maximum absolute atomic E-state index is 7.04. The summed E-state index contributed by atoms with van der Waals surface area (Å²) >= 11 is 0. The van der Waals surface area contributed by atoms with Crippen LogP contribution in [-0.2, 0) is 0 Å². The zero-order valence-electron chi connectivity index (χ0n) is 35.4. The Hall–Kier alpha value is -8.66. The number of nitrogens with zero attached hydrogens (tertiary/aromatic N) is 2. The molecule has 11 aromatic carbocycles. The molecule has 3 nitrogen and oxygen atoms in total.